The van der Waals surface area contributed by atoms with Crippen LogP contribution in [0.3, 0.4) is 0 Å². The third-order valence-electron chi connectivity index (χ3n) is 8.64. The summed E-state index contributed by atoms with van der Waals surface area (Å²) in [7, 11) is 0. The Bertz CT molecular complexity index is 1540. The zero-order valence-corrected chi connectivity index (χ0v) is 29.3. The number of thiazole rings is 1. The molecule has 0 N–H and O–H groups in total. The normalized spacial score (nSPS) is 17.9. The SMILES string of the molecule is CCOC(=O)CCN1CCN(c2cnc(C(=O)Cc3nc(-c4cc(Br)cc(C(F)(F)F)c4)c(CN4CCC[C@H]4C(C)C)s3)cn2)CC1. The third-order valence-corrected chi connectivity index (χ3v) is 10.1. The lowest BCUT2D eigenvalue weighted by atomic mass is 10.0. The van der Waals surface area contributed by atoms with E-state index in [-0.39, 0.29) is 23.9 Å². The maximum absolute atomic E-state index is 13.7. The topological polar surface area (TPSA) is 91.8 Å². The van der Waals surface area contributed by atoms with E-state index in [1.165, 1.54) is 17.5 Å². The van der Waals surface area contributed by atoms with E-state index in [1.54, 1.807) is 19.2 Å². The minimum atomic E-state index is -4.51. The number of anilines is 1. The first kappa shape index (κ1) is 35.4. The lowest BCUT2D eigenvalue weighted by Crippen LogP contribution is -2.47. The van der Waals surface area contributed by atoms with E-state index in [4.69, 9.17) is 9.72 Å². The summed E-state index contributed by atoms with van der Waals surface area (Å²) in [6, 6.07) is 4.21. The molecule has 5 rings (SSSR count). The largest absolute Gasteiger partial charge is 0.466 e. The summed E-state index contributed by atoms with van der Waals surface area (Å²) in [4.78, 5) is 46.2. The van der Waals surface area contributed by atoms with Gasteiger partial charge in [0.05, 0.1) is 43.1 Å². The number of Topliss-reactive ketones (excluding diaryl/α,β-unsaturated/α-hetero) is 1. The van der Waals surface area contributed by atoms with Gasteiger partial charge in [0.25, 0.3) is 0 Å². The van der Waals surface area contributed by atoms with Crippen LogP contribution in [0.25, 0.3) is 11.3 Å². The van der Waals surface area contributed by atoms with Crippen LogP contribution >= 0.6 is 27.3 Å². The molecule has 1 aromatic carbocycles. The molecule has 3 aromatic rings. The molecule has 47 heavy (non-hydrogen) atoms. The van der Waals surface area contributed by atoms with Crippen molar-refractivity contribution in [3.05, 3.63) is 56.2 Å². The van der Waals surface area contributed by atoms with Gasteiger partial charge < -0.3 is 9.64 Å². The highest BCUT2D eigenvalue weighted by Gasteiger charge is 2.33. The molecule has 0 radical (unpaired) electrons. The van der Waals surface area contributed by atoms with E-state index in [9.17, 15) is 22.8 Å². The number of ether oxygens (including phenoxy) is 1. The highest BCUT2D eigenvalue weighted by atomic mass is 79.9. The zero-order chi connectivity index (χ0) is 33.7. The number of piperazine rings is 1. The molecule has 2 saturated heterocycles. The number of benzene rings is 1. The van der Waals surface area contributed by atoms with Gasteiger partial charge in [0.2, 0.25) is 0 Å². The van der Waals surface area contributed by atoms with Crippen LogP contribution in [0, 0.1) is 5.92 Å². The van der Waals surface area contributed by atoms with Crippen molar-refractivity contribution >= 4 is 44.8 Å². The average molecular weight is 738 g/mol. The summed E-state index contributed by atoms with van der Waals surface area (Å²) in [6.45, 7) is 11.6. The van der Waals surface area contributed by atoms with Gasteiger partial charge >= 0.3 is 12.1 Å². The molecule has 2 aliphatic rings. The first-order valence-electron chi connectivity index (χ1n) is 16.0. The van der Waals surface area contributed by atoms with Gasteiger partial charge in [-0.15, -0.1) is 11.3 Å². The van der Waals surface area contributed by atoms with E-state index in [2.05, 4.69) is 54.4 Å². The van der Waals surface area contributed by atoms with Crippen LogP contribution < -0.4 is 4.90 Å². The number of ketones is 1. The highest BCUT2D eigenvalue weighted by molar-refractivity contribution is 9.10. The second-order valence-corrected chi connectivity index (χ2v) is 14.4. The van der Waals surface area contributed by atoms with Crippen LogP contribution in [0.2, 0.25) is 0 Å². The number of rotatable bonds is 12. The number of nitrogens with zero attached hydrogens (tertiary/aromatic N) is 6. The molecule has 2 aliphatic heterocycles. The van der Waals surface area contributed by atoms with Crippen LogP contribution in [0.4, 0.5) is 19.0 Å². The molecular weight excluding hydrogens is 697 g/mol. The lowest BCUT2D eigenvalue weighted by Gasteiger charge is -2.35. The van der Waals surface area contributed by atoms with Crippen molar-refractivity contribution in [1.82, 2.24) is 24.8 Å². The number of hydrogen-bond donors (Lipinski definition) is 0. The number of halogens is 4. The van der Waals surface area contributed by atoms with Crippen LogP contribution in [0.1, 0.15) is 66.0 Å². The maximum Gasteiger partial charge on any atom is 0.416 e. The predicted molar refractivity (Wildman–Crippen MR) is 178 cm³/mol. The quantitative estimate of drug-likeness (QED) is 0.153. The van der Waals surface area contributed by atoms with Crippen LogP contribution in [-0.4, -0.2) is 88.4 Å². The summed E-state index contributed by atoms with van der Waals surface area (Å²) in [6.07, 6.45) is 1.04. The summed E-state index contributed by atoms with van der Waals surface area (Å²) < 4.78 is 46.5. The Labute approximate surface area is 285 Å². The van der Waals surface area contributed by atoms with Gasteiger partial charge in [0.1, 0.15) is 16.5 Å². The molecule has 9 nitrogen and oxygen atoms in total. The molecule has 2 fully saturated rings. The van der Waals surface area contributed by atoms with E-state index in [1.807, 2.05) is 0 Å². The smallest absolute Gasteiger partial charge is 0.416 e. The van der Waals surface area contributed by atoms with Gasteiger partial charge in [0, 0.05) is 60.2 Å². The number of carbonyl (C=O) groups excluding carboxylic acids is 2. The fourth-order valence-corrected chi connectivity index (χ4v) is 7.83. The predicted octanol–water partition coefficient (Wildman–Crippen LogP) is 6.50. The number of likely N-dealkylation sites (tertiary alicyclic amines) is 1. The van der Waals surface area contributed by atoms with E-state index in [0.717, 1.165) is 62.6 Å². The first-order chi connectivity index (χ1) is 22.4. The summed E-state index contributed by atoms with van der Waals surface area (Å²) >= 11 is 4.62. The Balaban J connectivity index is 1.29. The number of hydrogen-bond acceptors (Lipinski definition) is 10. The molecule has 0 saturated carbocycles. The number of aromatic nitrogens is 3. The summed E-state index contributed by atoms with van der Waals surface area (Å²) in [5.74, 6) is 0.665. The fourth-order valence-electron chi connectivity index (χ4n) is 6.23. The summed E-state index contributed by atoms with van der Waals surface area (Å²) in [5.41, 5.74) is 0.290. The van der Waals surface area contributed by atoms with Crippen LogP contribution in [-0.2, 0) is 28.7 Å². The zero-order valence-electron chi connectivity index (χ0n) is 26.9. The minimum absolute atomic E-state index is 0.0292. The molecule has 254 valence electrons. The van der Waals surface area contributed by atoms with Crippen LogP contribution in [0.5, 0.6) is 0 Å². The van der Waals surface area contributed by atoms with Crippen molar-refractivity contribution in [2.24, 2.45) is 5.92 Å². The number of alkyl halides is 3. The Hall–Kier alpha value is -2.94. The molecule has 0 spiro atoms. The van der Waals surface area contributed by atoms with Crippen LogP contribution in [0.15, 0.2) is 35.1 Å². The molecule has 4 heterocycles. The monoisotopic (exact) mass is 736 g/mol. The molecule has 0 aliphatic carbocycles. The van der Waals surface area contributed by atoms with Crippen molar-refractivity contribution in [3.8, 4) is 11.3 Å². The average Bonchev–Trinajstić information content (AvgIpc) is 3.67. The van der Waals surface area contributed by atoms with Gasteiger partial charge in [0.15, 0.2) is 5.78 Å². The molecule has 0 bridgehead atoms. The summed E-state index contributed by atoms with van der Waals surface area (Å²) in [5, 5.41) is 0.527. The number of esters is 1. The van der Waals surface area contributed by atoms with Gasteiger partial charge in [-0.3, -0.25) is 19.4 Å². The van der Waals surface area contributed by atoms with Crippen molar-refractivity contribution in [3.63, 3.8) is 0 Å². The van der Waals surface area contributed by atoms with Crippen molar-refractivity contribution in [2.45, 2.75) is 65.2 Å². The molecule has 0 unspecified atom stereocenters. The van der Waals surface area contributed by atoms with E-state index in [0.29, 0.717) is 64.6 Å². The Morgan fingerprint density at radius 1 is 1.09 bits per heavy atom. The Morgan fingerprint density at radius 3 is 2.51 bits per heavy atom. The molecule has 14 heteroatoms. The van der Waals surface area contributed by atoms with Gasteiger partial charge in [-0.1, -0.05) is 29.8 Å². The third kappa shape index (κ3) is 9.15. The van der Waals surface area contributed by atoms with E-state index >= 15 is 0 Å². The van der Waals surface area contributed by atoms with Crippen molar-refractivity contribution in [1.29, 1.82) is 0 Å². The van der Waals surface area contributed by atoms with Crippen molar-refractivity contribution < 1.29 is 27.5 Å². The Kier molecular flexibility index (Phi) is 11.7. The standard InChI is InChI=1S/C33H40BrF3N6O3S/c1-4-46-31(45)7-9-41-10-12-42(13-11-41)29-19-38-25(18-39-29)27(44)17-30-40-32(22-14-23(33(35,36)37)16-24(34)15-22)28(47-30)20-43-8-5-6-26(43)21(2)3/h14-16,18-19,21,26H,4-13,17,20H2,1-3H3/t26-/m0/s1. The first-order valence-corrected chi connectivity index (χ1v) is 17.6. The fraction of sp³-hybridized carbons (Fsp3) is 0.545. The van der Waals surface area contributed by atoms with Crippen molar-refractivity contribution in [2.75, 3.05) is 50.8 Å². The molecule has 2 aromatic heterocycles. The second-order valence-electron chi connectivity index (χ2n) is 12.3. The lowest BCUT2D eigenvalue weighted by molar-refractivity contribution is -0.143. The minimum Gasteiger partial charge on any atom is -0.466 e. The number of carbonyl (C=O) groups is 2. The molecule has 0 amide bonds. The van der Waals surface area contributed by atoms with Gasteiger partial charge in [-0.2, -0.15) is 13.2 Å². The maximum atomic E-state index is 13.7. The highest BCUT2D eigenvalue weighted by Crippen LogP contribution is 2.38. The molecule has 1 atom stereocenters. The molecular formula is C33H40BrF3N6O3S. The Morgan fingerprint density at radius 2 is 1.85 bits per heavy atom. The van der Waals surface area contributed by atoms with Gasteiger partial charge in [-0.05, 0) is 50.4 Å². The van der Waals surface area contributed by atoms with E-state index < -0.39 is 11.7 Å². The van der Waals surface area contributed by atoms with Gasteiger partial charge in [-0.25, -0.2) is 15.0 Å². The second kappa shape index (κ2) is 15.5.